The van der Waals surface area contributed by atoms with Gasteiger partial charge in [-0.15, -0.1) is 0 Å². The minimum atomic E-state index is -0.305. The van der Waals surface area contributed by atoms with Crippen LogP contribution in [0.2, 0.25) is 0 Å². The number of carbonyl (C=O) groups is 1. The third-order valence-corrected chi connectivity index (χ3v) is 4.39. The number of nitrogens with zero attached hydrogens (tertiary/aromatic N) is 1. The van der Waals surface area contributed by atoms with Gasteiger partial charge in [-0.25, -0.2) is 0 Å². The van der Waals surface area contributed by atoms with E-state index >= 15 is 0 Å². The third-order valence-electron chi connectivity index (χ3n) is 4.39. The molecular weight excluding hydrogens is 344 g/mol. The number of aromatic nitrogens is 1. The summed E-state index contributed by atoms with van der Waals surface area (Å²) in [5, 5.41) is 7.07. The molecule has 0 spiro atoms. The second-order valence-electron chi connectivity index (χ2n) is 6.13. The van der Waals surface area contributed by atoms with Crippen LogP contribution in [0.15, 0.2) is 53.1 Å². The van der Waals surface area contributed by atoms with E-state index in [0.717, 1.165) is 11.1 Å². The van der Waals surface area contributed by atoms with Gasteiger partial charge in [0, 0.05) is 11.1 Å². The molecule has 0 aliphatic heterocycles. The lowest BCUT2D eigenvalue weighted by atomic mass is 10.0. The highest BCUT2D eigenvalue weighted by Crippen LogP contribution is 2.30. The summed E-state index contributed by atoms with van der Waals surface area (Å²) in [6.07, 6.45) is 0. The fraction of sp³-hybridized carbons (Fsp3) is 0.238. The normalized spacial score (nSPS) is 11.7. The number of nitrogens with one attached hydrogen (secondary N) is 1. The average molecular weight is 366 g/mol. The monoisotopic (exact) mass is 366 g/mol. The van der Waals surface area contributed by atoms with Gasteiger partial charge in [-0.2, -0.15) is 0 Å². The molecule has 3 aromatic rings. The summed E-state index contributed by atoms with van der Waals surface area (Å²) in [6, 6.07) is 14.7. The van der Waals surface area contributed by atoms with E-state index in [0.29, 0.717) is 28.5 Å². The van der Waals surface area contributed by atoms with Gasteiger partial charge in [0.2, 0.25) is 0 Å². The molecule has 0 unspecified atom stereocenters. The lowest BCUT2D eigenvalue weighted by Gasteiger charge is -2.18. The number of hydrogen-bond donors (Lipinski definition) is 1. The first kappa shape index (κ1) is 18.5. The van der Waals surface area contributed by atoms with Crippen LogP contribution in [-0.4, -0.2) is 25.3 Å². The Morgan fingerprint density at radius 2 is 1.85 bits per heavy atom. The van der Waals surface area contributed by atoms with Gasteiger partial charge in [0.25, 0.3) is 5.91 Å². The van der Waals surface area contributed by atoms with Crippen molar-refractivity contribution in [2.45, 2.75) is 19.9 Å². The highest BCUT2D eigenvalue weighted by molar-refractivity contribution is 6.01. The van der Waals surface area contributed by atoms with Crippen molar-refractivity contribution in [3.05, 3.63) is 65.4 Å². The molecule has 0 aliphatic rings. The smallest absolute Gasteiger partial charge is 0.257 e. The van der Waals surface area contributed by atoms with Gasteiger partial charge in [0.15, 0.2) is 0 Å². The molecule has 0 aliphatic carbocycles. The maximum absolute atomic E-state index is 13.0. The fourth-order valence-corrected chi connectivity index (χ4v) is 2.96. The summed E-state index contributed by atoms with van der Waals surface area (Å²) in [5.74, 6) is 1.58. The Morgan fingerprint density at radius 3 is 2.52 bits per heavy atom. The Balaban J connectivity index is 1.90. The Labute approximate surface area is 158 Å². The van der Waals surface area contributed by atoms with Crippen LogP contribution in [0.3, 0.4) is 0 Å². The van der Waals surface area contributed by atoms with E-state index < -0.39 is 0 Å². The van der Waals surface area contributed by atoms with Gasteiger partial charge >= 0.3 is 0 Å². The van der Waals surface area contributed by atoms with Crippen LogP contribution in [0.4, 0.5) is 0 Å². The molecule has 1 amide bonds. The summed E-state index contributed by atoms with van der Waals surface area (Å²) in [6.45, 7) is 3.62. The number of carbonyl (C=O) groups excluding carboxylic acids is 1. The molecule has 0 radical (unpaired) electrons. The van der Waals surface area contributed by atoms with Crippen LogP contribution in [-0.2, 0) is 0 Å². The minimum Gasteiger partial charge on any atom is -0.497 e. The first-order valence-corrected chi connectivity index (χ1v) is 8.59. The Morgan fingerprint density at radius 1 is 1.11 bits per heavy atom. The van der Waals surface area contributed by atoms with Crippen molar-refractivity contribution in [1.82, 2.24) is 10.5 Å². The van der Waals surface area contributed by atoms with E-state index in [9.17, 15) is 4.79 Å². The van der Waals surface area contributed by atoms with E-state index in [1.807, 2.05) is 55.5 Å². The number of hydrogen-bond acceptors (Lipinski definition) is 5. The van der Waals surface area contributed by atoms with Gasteiger partial charge in [0.1, 0.15) is 28.5 Å². The highest BCUT2D eigenvalue weighted by atomic mass is 16.5. The molecule has 0 saturated heterocycles. The topological polar surface area (TPSA) is 73.6 Å². The average Bonchev–Trinajstić information content (AvgIpc) is 3.09. The second-order valence-corrected chi connectivity index (χ2v) is 6.13. The maximum atomic E-state index is 13.0. The van der Waals surface area contributed by atoms with Gasteiger partial charge < -0.3 is 19.3 Å². The molecule has 1 atom stereocenters. The zero-order chi connectivity index (χ0) is 19.4. The molecule has 1 heterocycles. The van der Waals surface area contributed by atoms with E-state index in [1.165, 1.54) is 0 Å². The van der Waals surface area contributed by atoms with Gasteiger partial charge in [-0.05, 0) is 32.0 Å². The number of methoxy groups -OCH3 is 2. The Hall–Kier alpha value is -3.28. The quantitative estimate of drug-likeness (QED) is 0.709. The highest BCUT2D eigenvalue weighted by Gasteiger charge is 2.24. The van der Waals surface area contributed by atoms with E-state index in [-0.39, 0.29) is 11.9 Å². The summed E-state index contributed by atoms with van der Waals surface area (Å²) in [5.41, 5.74) is 2.59. The van der Waals surface area contributed by atoms with Crippen LogP contribution in [0.25, 0.3) is 11.3 Å². The molecule has 2 aromatic carbocycles. The van der Waals surface area contributed by atoms with Crippen LogP contribution in [0, 0.1) is 6.92 Å². The van der Waals surface area contributed by atoms with Crippen molar-refractivity contribution >= 4 is 5.91 Å². The van der Waals surface area contributed by atoms with Gasteiger partial charge in [0.05, 0.1) is 20.3 Å². The molecule has 27 heavy (non-hydrogen) atoms. The second kappa shape index (κ2) is 7.95. The molecule has 6 heteroatoms. The first-order chi connectivity index (χ1) is 13.0. The SMILES string of the molecule is COc1ccc(OC)c([C@@H](C)NC(=O)c2c(-c3ccccc3)noc2C)c1. The van der Waals surface area contributed by atoms with Crippen molar-refractivity contribution in [2.75, 3.05) is 14.2 Å². The summed E-state index contributed by atoms with van der Waals surface area (Å²) >= 11 is 0. The van der Waals surface area contributed by atoms with Crippen molar-refractivity contribution in [3.8, 4) is 22.8 Å². The van der Waals surface area contributed by atoms with Crippen molar-refractivity contribution in [3.63, 3.8) is 0 Å². The molecule has 0 bridgehead atoms. The lowest BCUT2D eigenvalue weighted by molar-refractivity contribution is 0.0938. The predicted molar refractivity (Wildman–Crippen MR) is 102 cm³/mol. The summed E-state index contributed by atoms with van der Waals surface area (Å²) in [4.78, 5) is 13.0. The van der Waals surface area contributed by atoms with Crippen molar-refractivity contribution < 1.29 is 18.8 Å². The number of ether oxygens (including phenoxy) is 2. The molecular formula is C21H22N2O4. The number of amides is 1. The standard InChI is InChI=1S/C21H22N2O4/c1-13(17-12-16(25-3)10-11-18(17)26-4)22-21(24)19-14(2)27-23-20(19)15-8-6-5-7-9-15/h5-13H,1-4H3,(H,22,24)/t13-/m1/s1. The summed E-state index contributed by atoms with van der Waals surface area (Å²) < 4.78 is 16.0. The fourth-order valence-electron chi connectivity index (χ4n) is 2.96. The van der Waals surface area contributed by atoms with E-state index in [1.54, 1.807) is 21.1 Å². The molecule has 6 nitrogen and oxygen atoms in total. The third kappa shape index (κ3) is 3.79. The maximum Gasteiger partial charge on any atom is 0.257 e. The zero-order valence-electron chi connectivity index (χ0n) is 15.8. The predicted octanol–water partition coefficient (Wildman–Crippen LogP) is 4.16. The molecule has 140 valence electrons. The Bertz CT molecular complexity index is 935. The molecule has 1 aromatic heterocycles. The Kier molecular flexibility index (Phi) is 5.45. The first-order valence-electron chi connectivity index (χ1n) is 8.59. The van der Waals surface area contributed by atoms with E-state index in [4.69, 9.17) is 14.0 Å². The molecule has 3 rings (SSSR count). The number of aryl methyl sites for hydroxylation is 1. The lowest BCUT2D eigenvalue weighted by Crippen LogP contribution is -2.27. The number of rotatable bonds is 6. The minimum absolute atomic E-state index is 0.259. The number of benzene rings is 2. The van der Waals surface area contributed by atoms with Gasteiger partial charge in [-0.1, -0.05) is 35.5 Å². The van der Waals surface area contributed by atoms with Crippen molar-refractivity contribution in [2.24, 2.45) is 0 Å². The largest absolute Gasteiger partial charge is 0.497 e. The molecule has 0 saturated carbocycles. The van der Waals surface area contributed by atoms with Gasteiger partial charge in [-0.3, -0.25) is 4.79 Å². The summed E-state index contributed by atoms with van der Waals surface area (Å²) in [7, 11) is 3.19. The van der Waals surface area contributed by atoms with Crippen LogP contribution < -0.4 is 14.8 Å². The van der Waals surface area contributed by atoms with Crippen LogP contribution in [0.5, 0.6) is 11.5 Å². The van der Waals surface area contributed by atoms with Crippen LogP contribution >= 0.6 is 0 Å². The van der Waals surface area contributed by atoms with Crippen molar-refractivity contribution in [1.29, 1.82) is 0 Å². The molecule has 1 N–H and O–H groups in total. The zero-order valence-corrected chi connectivity index (χ0v) is 15.8. The molecule has 0 fully saturated rings. The van der Waals surface area contributed by atoms with Crippen LogP contribution in [0.1, 0.15) is 34.6 Å². The van der Waals surface area contributed by atoms with E-state index in [2.05, 4.69) is 10.5 Å².